The molecule has 0 unspecified atom stereocenters. The Morgan fingerprint density at radius 3 is 2.88 bits per heavy atom. The molecular formula is C13H16ClNO2. The van der Waals surface area contributed by atoms with E-state index < -0.39 is 0 Å². The van der Waals surface area contributed by atoms with Gasteiger partial charge in [-0.1, -0.05) is 24.2 Å². The van der Waals surface area contributed by atoms with Crippen LogP contribution < -0.4 is 5.32 Å². The van der Waals surface area contributed by atoms with Gasteiger partial charge in [-0.25, -0.2) is 4.79 Å². The highest BCUT2D eigenvalue weighted by molar-refractivity contribution is 6.30. The predicted octanol–water partition coefficient (Wildman–Crippen LogP) is 3.18. The van der Waals surface area contributed by atoms with Crippen molar-refractivity contribution in [2.45, 2.75) is 13.8 Å². The number of anilines is 1. The summed E-state index contributed by atoms with van der Waals surface area (Å²) in [7, 11) is 0. The molecule has 0 aliphatic heterocycles. The normalized spacial score (nSPS) is 9.82. The number of rotatable bonds is 5. The van der Waals surface area contributed by atoms with Gasteiger partial charge < -0.3 is 10.1 Å². The predicted molar refractivity (Wildman–Crippen MR) is 70.5 cm³/mol. The number of benzene rings is 1. The highest BCUT2D eigenvalue weighted by atomic mass is 35.5. The maximum atomic E-state index is 11.3. The summed E-state index contributed by atoms with van der Waals surface area (Å²) in [5, 5.41) is 3.76. The number of halogens is 1. The Balaban J connectivity index is 2.58. The Kier molecular flexibility index (Phi) is 5.04. The van der Waals surface area contributed by atoms with E-state index in [-0.39, 0.29) is 5.97 Å². The van der Waals surface area contributed by atoms with E-state index in [1.807, 2.05) is 25.1 Å². The molecule has 1 aromatic rings. The molecule has 0 heterocycles. The lowest BCUT2D eigenvalue weighted by molar-refractivity contribution is -0.138. The van der Waals surface area contributed by atoms with Crippen molar-refractivity contribution < 1.29 is 9.53 Å². The standard InChI is InChI=1S/C13H16ClNO2/c1-4-17-13(16)10(3)8-15-12-7-11(14)6-5-9(12)2/h5-7,15H,3-4,8H2,1-2H3. The van der Waals surface area contributed by atoms with Crippen molar-refractivity contribution in [1.82, 2.24) is 0 Å². The smallest absolute Gasteiger partial charge is 0.335 e. The zero-order valence-corrected chi connectivity index (χ0v) is 10.8. The zero-order valence-electron chi connectivity index (χ0n) is 10.0. The first-order chi connectivity index (χ1) is 8.04. The summed E-state index contributed by atoms with van der Waals surface area (Å²) >= 11 is 5.89. The van der Waals surface area contributed by atoms with E-state index in [1.54, 1.807) is 6.92 Å². The molecule has 92 valence electrons. The fraction of sp³-hybridized carbons (Fsp3) is 0.308. The second-order valence-corrected chi connectivity index (χ2v) is 4.07. The van der Waals surface area contributed by atoms with Gasteiger partial charge in [-0.15, -0.1) is 0 Å². The maximum absolute atomic E-state index is 11.3. The molecular weight excluding hydrogens is 238 g/mol. The van der Waals surface area contributed by atoms with Crippen molar-refractivity contribution in [2.24, 2.45) is 0 Å². The average Bonchev–Trinajstić information content (AvgIpc) is 2.30. The molecule has 0 fully saturated rings. The molecule has 0 amide bonds. The van der Waals surface area contributed by atoms with Crippen LogP contribution in [0, 0.1) is 6.92 Å². The molecule has 0 saturated carbocycles. The molecule has 1 rings (SSSR count). The van der Waals surface area contributed by atoms with Crippen molar-refractivity contribution in [1.29, 1.82) is 0 Å². The van der Waals surface area contributed by atoms with E-state index >= 15 is 0 Å². The first kappa shape index (κ1) is 13.6. The Hall–Kier alpha value is -1.48. The van der Waals surface area contributed by atoms with E-state index in [2.05, 4.69) is 11.9 Å². The third-order valence-corrected chi connectivity index (χ3v) is 2.49. The second-order valence-electron chi connectivity index (χ2n) is 3.64. The van der Waals surface area contributed by atoms with Crippen molar-refractivity contribution in [3.05, 3.63) is 40.9 Å². The topological polar surface area (TPSA) is 38.3 Å². The van der Waals surface area contributed by atoms with E-state index in [0.717, 1.165) is 11.3 Å². The number of carbonyl (C=O) groups excluding carboxylic acids is 1. The summed E-state index contributed by atoms with van der Waals surface area (Å²) in [5.74, 6) is -0.375. The summed E-state index contributed by atoms with van der Waals surface area (Å²) in [4.78, 5) is 11.3. The van der Waals surface area contributed by atoms with E-state index in [9.17, 15) is 4.79 Å². The molecule has 0 saturated heterocycles. The highest BCUT2D eigenvalue weighted by Gasteiger charge is 2.07. The van der Waals surface area contributed by atoms with Gasteiger partial charge in [0.1, 0.15) is 0 Å². The quantitative estimate of drug-likeness (QED) is 0.647. The Morgan fingerprint density at radius 2 is 2.24 bits per heavy atom. The molecule has 17 heavy (non-hydrogen) atoms. The van der Waals surface area contributed by atoms with Crippen LogP contribution in [0.3, 0.4) is 0 Å². The van der Waals surface area contributed by atoms with Gasteiger partial charge in [-0.2, -0.15) is 0 Å². The average molecular weight is 254 g/mol. The first-order valence-electron chi connectivity index (χ1n) is 5.39. The summed E-state index contributed by atoms with van der Waals surface area (Å²) < 4.78 is 4.84. The Labute approximate surface area is 106 Å². The molecule has 0 bridgehead atoms. The van der Waals surface area contributed by atoms with Crippen LogP contribution >= 0.6 is 11.6 Å². The minimum atomic E-state index is -0.375. The number of hydrogen-bond acceptors (Lipinski definition) is 3. The molecule has 0 aromatic heterocycles. The lowest BCUT2D eigenvalue weighted by Crippen LogP contribution is -2.15. The number of ether oxygens (including phenoxy) is 1. The van der Waals surface area contributed by atoms with Crippen molar-refractivity contribution in [2.75, 3.05) is 18.5 Å². The molecule has 4 heteroatoms. The molecule has 0 spiro atoms. The van der Waals surface area contributed by atoms with E-state index in [1.165, 1.54) is 0 Å². The molecule has 0 radical (unpaired) electrons. The van der Waals surface area contributed by atoms with Crippen molar-refractivity contribution in [3.8, 4) is 0 Å². The number of hydrogen-bond donors (Lipinski definition) is 1. The van der Waals surface area contributed by atoms with E-state index in [4.69, 9.17) is 16.3 Å². The number of nitrogens with one attached hydrogen (secondary N) is 1. The lowest BCUT2D eigenvalue weighted by Gasteiger charge is -2.11. The molecule has 1 aromatic carbocycles. The van der Waals surface area contributed by atoms with Crippen LogP contribution in [0.25, 0.3) is 0 Å². The van der Waals surface area contributed by atoms with Gasteiger partial charge >= 0.3 is 5.97 Å². The molecule has 0 atom stereocenters. The first-order valence-corrected chi connectivity index (χ1v) is 5.77. The van der Waals surface area contributed by atoms with Gasteiger partial charge in [0, 0.05) is 22.8 Å². The van der Waals surface area contributed by atoms with Crippen LogP contribution in [-0.4, -0.2) is 19.1 Å². The third-order valence-electron chi connectivity index (χ3n) is 2.26. The summed E-state index contributed by atoms with van der Waals surface area (Å²) in [5.41, 5.74) is 2.35. The van der Waals surface area contributed by atoms with Crippen LogP contribution in [0.5, 0.6) is 0 Å². The fourth-order valence-electron chi connectivity index (χ4n) is 1.29. The van der Waals surface area contributed by atoms with Gasteiger partial charge in [0.25, 0.3) is 0 Å². The van der Waals surface area contributed by atoms with Gasteiger partial charge in [-0.3, -0.25) is 0 Å². The fourth-order valence-corrected chi connectivity index (χ4v) is 1.46. The lowest BCUT2D eigenvalue weighted by atomic mass is 10.2. The largest absolute Gasteiger partial charge is 0.463 e. The third kappa shape index (κ3) is 4.11. The Bertz CT molecular complexity index is 429. The van der Waals surface area contributed by atoms with Crippen molar-refractivity contribution in [3.63, 3.8) is 0 Å². The SMILES string of the molecule is C=C(CNc1cc(Cl)ccc1C)C(=O)OCC. The number of aryl methyl sites for hydroxylation is 1. The number of carbonyl (C=O) groups is 1. The highest BCUT2D eigenvalue weighted by Crippen LogP contribution is 2.20. The summed E-state index contributed by atoms with van der Waals surface area (Å²) in [6, 6.07) is 5.55. The summed E-state index contributed by atoms with van der Waals surface area (Å²) in [6.45, 7) is 8.10. The van der Waals surface area contributed by atoms with Crippen LogP contribution in [0.2, 0.25) is 5.02 Å². The Morgan fingerprint density at radius 1 is 1.53 bits per heavy atom. The van der Waals surface area contributed by atoms with Gasteiger partial charge in [-0.05, 0) is 31.5 Å². The molecule has 3 nitrogen and oxygen atoms in total. The van der Waals surface area contributed by atoms with Crippen LogP contribution in [-0.2, 0) is 9.53 Å². The van der Waals surface area contributed by atoms with Crippen LogP contribution in [0.4, 0.5) is 5.69 Å². The van der Waals surface area contributed by atoms with E-state index in [0.29, 0.717) is 23.7 Å². The maximum Gasteiger partial charge on any atom is 0.335 e. The minimum Gasteiger partial charge on any atom is -0.463 e. The second kappa shape index (κ2) is 6.30. The molecule has 0 aliphatic carbocycles. The number of esters is 1. The van der Waals surface area contributed by atoms with Gasteiger partial charge in [0.2, 0.25) is 0 Å². The monoisotopic (exact) mass is 253 g/mol. The van der Waals surface area contributed by atoms with Gasteiger partial charge in [0.15, 0.2) is 0 Å². The minimum absolute atomic E-state index is 0.347. The molecule has 1 N–H and O–H groups in total. The van der Waals surface area contributed by atoms with Gasteiger partial charge in [0.05, 0.1) is 6.61 Å². The van der Waals surface area contributed by atoms with Crippen molar-refractivity contribution >= 4 is 23.3 Å². The summed E-state index contributed by atoms with van der Waals surface area (Å²) in [6.07, 6.45) is 0. The zero-order chi connectivity index (χ0) is 12.8. The van der Waals surface area contributed by atoms with Crippen LogP contribution in [0.1, 0.15) is 12.5 Å². The van der Waals surface area contributed by atoms with Crippen LogP contribution in [0.15, 0.2) is 30.4 Å². The molecule has 0 aliphatic rings.